The molecule has 4 aromatic rings. The van der Waals surface area contributed by atoms with E-state index in [0.29, 0.717) is 51.2 Å². The quantitative estimate of drug-likeness (QED) is 0.312. The molecular weight excluding hydrogens is 616 g/mol. The molecule has 0 saturated carbocycles. The molecule has 0 aliphatic carbocycles. The molecule has 8 nitrogen and oxygen atoms in total. The lowest BCUT2D eigenvalue weighted by molar-refractivity contribution is -0.113. The van der Waals surface area contributed by atoms with Crippen LogP contribution in [0.5, 0.6) is 0 Å². The minimum Gasteiger partial charge on any atom is -0.440 e. The Kier molecular flexibility index (Phi) is 8.02. The Morgan fingerprint density at radius 3 is 2.52 bits per heavy atom. The number of anilines is 2. The second kappa shape index (κ2) is 11.9. The van der Waals surface area contributed by atoms with E-state index in [0.717, 1.165) is 29.0 Å². The van der Waals surface area contributed by atoms with Gasteiger partial charge in [0.25, 0.3) is 11.5 Å². The minimum atomic E-state index is -0.638. The number of hydrogen-bond donors (Lipinski definition) is 1. The maximum Gasteiger partial charge on any atom is 0.271 e. The van der Waals surface area contributed by atoms with Crippen LogP contribution in [0.15, 0.2) is 90.6 Å². The molecule has 1 saturated heterocycles. The number of morpholine rings is 1. The first-order chi connectivity index (χ1) is 20.3. The second-order valence-corrected chi connectivity index (χ2v) is 12.5. The molecule has 0 bridgehead atoms. The summed E-state index contributed by atoms with van der Waals surface area (Å²) in [5.74, 6) is 1.34. The Morgan fingerprint density at radius 2 is 1.83 bits per heavy atom. The van der Waals surface area contributed by atoms with Gasteiger partial charge in [-0.05, 0) is 52.0 Å². The zero-order valence-corrected chi connectivity index (χ0v) is 26.0. The van der Waals surface area contributed by atoms with E-state index in [1.54, 1.807) is 10.6 Å². The van der Waals surface area contributed by atoms with Crippen LogP contribution in [0.4, 0.5) is 11.6 Å². The molecule has 1 atom stereocenters. The fourth-order valence-corrected chi connectivity index (χ4v) is 6.85. The number of fused-ring (bicyclic) bond motifs is 1. The number of benzene rings is 2. The summed E-state index contributed by atoms with van der Waals surface area (Å²) in [7, 11) is 0. The minimum absolute atomic E-state index is 0.227. The summed E-state index contributed by atoms with van der Waals surface area (Å²) in [4.78, 5) is 35.2. The van der Waals surface area contributed by atoms with Gasteiger partial charge < -0.3 is 19.4 Å². The Labute approximate surface area is 255 Å². The normalized spacial score (nSPS) is 17.4. The lowest BCUT2D eigenvalue weighted by Crippen LogP contribution is -2.40. The van der Waals surface area contributed by atoms with E-state index >= 15 is 0 Å². The van der Waals surface area contributed by atoms with Crippen LogP contribution in [-0.4, -0.2) is 36.8 Å². The zero-order valence-electron chi connectivity index (χ0n) is 23.6. The summed E-state index contributed by atoms with van der Waals surface area (Å²) in [6.07, 6.45) is 1.75. The van der Waals surface area contributed by atoms with E-state index in [4.69, 9.17) is 14.1 Å². The number of ether oxygens (including phenoxy) is 1. The van der Waals surface area contributed by atoms with E-state index in [1.807, 2.05) is 55.5 Å². The topological polar surface area (TPSA) is 89.1 Å². The summed E-state index contributed by atoms with van der Waals surface area (Å²) in [5, 5.41) is 3.00. The number of para-hydroxylation sites is 1. The molecule has 6 rings (SSSR count). The number of hydrogen-bond acceptors (Lipinski definition) is 7. The standard InChI is InChI=1S/C32H31BrN4O4S/c1-19(2)21-9-11-22(12-10-21)28-27(29(38)35-23-7-5-4-6-8-23)20(3)34-32-37(28)30(39)26(42-32)18-24-17-25(33)31(41-24)36-13-15-40-16-14-36/h4-12,17-19,28H,13-16H2,1-3H3,(H,35,38)/b26-18+/t28-/m1/s1. The molecule has 216 valence electrons. The molecule has 1 amide bonds. The van der Waals surface area contributed by atoms with Crippen molar-refractivity contribution in [2.45, 2.75) is 32.7 Å². The maximum atomic E-state index is 14.1. The van der Waals surface area contributed by atoms with E-state index in [-0.39, 0.29) is 11.5 Å². The number of allylic oxidation sites excluding steroid dienone is 1. The number of furan rings is 1. The molecule has 1 N–H and O–H groups in total. The Hall–Kier alpha value is -3.73. The molecule has 10 heteroatoms. The number of halogens is 1. The fraction of sp³-hybridized carbons (Fsp3) is 0.281. The van der Waals surface area contributed by atoms with Crippen LogP contribution in [0.3, 0.4) is 0 Å². The molecule has 0 unspecified atom stereocenters. The first-order valence-corrected chi connectivity index (χ1v) is 15.5. The molecule has 1 fully saturated rings. The van der Waals surface area contributed by atoms with E-state index in [1.165, 1.54) is 16.9 Å². The van der Waals surface area contributed by atoms with Gasteiger partial charge in [-0.25, -0.2) is 4.99 Å². The number of thiazole rings is 1. The van der Waals surface area contributed by atoms with Gasteiger partial charge in [-0.2, -0.15) is 0 Å². The Balaban J connectivity index is 1.45. The van der Waals surface area contributed by atoms with Crippen LogP contribution in [0, 0.1) is 0 Å². The number of aromatic nitrogens is 1. The van der Waals surface area contributed by atoms with Crippen molar-refractivity contribution < 1.29 is 13.9 Å². The van der Waals surface area contributed by atoms with E-state index < -0.39 is 6.04 Å². The lowest BCUT2D eigenvalue weighted by atomic mass is 9.93. The van der Waals surface area contributed by atoms with Crippen LogP contribution in [0.2, 0.25) is 0 Å². The summed E-state index contributed by atoms with van der Waals surface area (Å²) < 4.78 is 14.6. The SMILES string of the molecule is CC1=C(C(=O)Nc2ccccc2)[C@@H](c2ccc(C(C)C)cc2)n2c(s/c(=C/c3cc(Br)c(N4CCOCC4)o3)c2=O)=N1. The third-order valence-electron chi connectivity index (χ3n) is 7.48. The van der Waals surface area contributed by atoms with Gasteiger partial charge in [0.1, 0.15) is 5.76 Å². The summed E-state index contributed by atoms with van der Waals surface area (Å²) in [6.45, 7) is 8.84. The van der Waals surface area contributed by atoms with Gasteiger partial charge in [-0.15, -0.1) is 0 Å². The van der Waals surface area contributed by atoms with Gasteiger partial charge in [0, 0.05) is 30.9 Å². The maximum absolute atomic E-state index is 14.1. The smallest absolute Gasteiger partial charge is 0.271 e. The first-order valence-electron chi connectivity index (χ1n) is 13.9. The average molecular weight is 648 g/mol. The molecule has 2 aliphatic rings. The van der Waals surface area contributed by atoms with Crippen molar-refractivity contribution in [3.63, 3.8) is 0 Å². The predicted octanol–water partition coefficient (Wildman–Crippen LogP) is 5.19. The van der Waals surface area contributed by atoms with Crippen LogP contribution in [0.1, 0.15) is 49.6 Å². The molecular formula is C32H31BrN4O4S. The Morgan fingerprint density at radius 1 is 1.12 bits per heavy atom. The number of carbonyl (C=O) groups is 1. The Bertz CT molecular complexity index is 1830. The zero-order chi connectivity index (χ0) is 29.4. The van der Waals surface area contributed by atoms with E-state index in [2.05, 4.69) is 52.1 Å². The highest BCUT2D eigenvalue weighted by atomic mass is 79.9. The lowest BCUT2D eigenvalue weighted by Gasteiger charge is -2.26. The fourth-order valence-electron chi connectivity index (χ4n) is 5.27. The number of nitrogens with one attached hydrogen (secondary N) is 1. The highest BCUT2D eigenvalue weighted by molar-refractivity contribution is 9.10. The van der Waals surface area contributed by atoms with Crippen molar-refractivity contribution >= 4 is 50.8 Å². The van der Waals surface area contributed by atoms with Crippen molar-refractivity contribution in [3.05, 3.63) is 113 Å². The summed E-state index contributed by atoms with van der Waals surface area (Å²) in [6, 6.07) is 18.7. The third kappa shape index (κ3) is 5.54. The van der Waals surface area contributed by atoms with Crippen molar-refractivity contribution in [3.8, 4) is 0 Å². The molecule has 4 heterocycles. The predicted molar refractivity (Wildman–Crippen MR) is 169 cm³/mol. The monoisotopic (exact) mass is 646 g/mol. The molecule has 2 aliphatic heterocycles. The van der Waals surface area contributed by atoms with Crippen LogP contribution in [-0.2, 0) is 9.53 Å². The van der Waals surface area contributed by atoms with Gasteiger partial charge >= 0.3 is 0 Å². The third-order valence-corrected chi connectivity index (χ3v) is 9.03. The first kappa shape index (κ1) is 28.4. The summed E-state index contributed by atoms with van der Waals surface area (Å²) in [5.41, 5.74) is 3.48. The summed E-state index contributed by atoms with van der Waals surface area (Å²) >= 11 is 4.90. The number of nitrogens with zero attached hydrogens (tertiary/aromatic N) is 3. The van der Waals surface area contributed by atoms with Crippen molar-refractivity contribution in [1.29, 1.82) is 0 Å². The van der Waals surface area contributed by atoms with Crippen molar-refractivity contribution in [2.75, 3.05) is 36.5 Å². The molecule has 2 aromatic carbocycles. The van der Waals surface area contributed by atoms with E-state index in [9.17, 15) is 9.59 Å². The van der Waals surface area contributed by atoms with Crippen LogP contribution >= 0.6 is 27.3 Å². The molecule has 2 aromatic heterocycles. The highest BCUT2D eigenvalue weighted by Gasteiger charge is 2.32. The van der Waals surface area contributed by atoms with Crippen LogP contribution in [0.25, 0.3) is 6.08 Å². The molecule has 0 spiro atoms. The molecule has 0 radical (unpaired) electrons. The number of carbonyl (C=O) groups excluding carboxylic acids is 1. The van der Waals surface area contributed by atoms with Gasteiger partial charge in [0.05, 0.1) is 39.5 Å². The van der Waals surface area contributed by atoms with Gasteiger partial charge in [0.2, 0.25) is 5.88 Å². The van der Waals surface area contributed by atoms with Crippen LogP contribution < -0.4 is 25.1 Å². The van der Waals surface area contributed by atoms with Gasteiger partial charge in [-0.3, -0.25) is 14.2 Å². The second-order valence-electron chi connectivity index (χ2n) is 10.6. The number of rotatable bonds is 6. The van der Waals surface area contributed by atoms with Crippen molar-refractivity contribution in [1.82, 2.24) is 4.57 Å². The van der Waals surface area contributed by atoms with Gasteiger partial charge in [-0.1, -0.05) is 67.6 Å². The number of amides is 1. The highest BCUT2D eigenvalue weighted by Crippen LogP contribution is 2.33. The van der Waals surface area contributed by atoms with Crippen molar-refractivity contribution in [2.24, 2.45) is 4.99 Å². The molecule has 42 heavy (non-hydrogen) atoms. The average Bonchev–Trinajstić information content (AvgIpc) is 3.51. The largest absolute Gasteiger partial charge is 0.440 e. The van der Waals surface area contributed by atoms with Gasteiger partial charge in [0.15, 0.2) is 4.80 Å².